The van der Waals surface area contributed by atoms with Crippen LogP contribution in [0, 0.1) is 5.92 Å². The standard InChI is InChI=1S/C16H29N3/c1-5-8-9-10-12-15(11-6-2)14(4)13-19-16(17)18-7-3/h7,13,15H,3-6,8-12H2,1-2H3,(H2,17,18)/b19-13-. The Kier molecular flexibility index (Phi) is 10.8. The summed E-state index contributed by atoms with van der Waals surface area (Å²) in [5, 5.41) is 0. The van der Waals surface area contributed by atoms with Crippen molar-refractivity contribution < 1.29 is 0 Å². The van der Waals surface area contributed by atoms with Gasteiger partial charge in [-0.1, -0.05) is 59.1 Å². The van der Waals surface area contributed by atoms with Crippen molar-refractivity contribution in [3.63, 3.8) is 0 Å². The van der Waals surface area contributed by atoms with Gasteiger partial charge in [0.2, 0.25) is 5.96 Å². The molecule has 108 valence electrons. The fourth-order valence-corrected chi connectivity index (χ4v) is 2.06. The normalized spacial score (nSPS) is 13.7. The Hall–Kier alpha value is -1.38. The summed E-state index contributed by atoms with van der Waals surface area (Å²) in [7, 11) is 0. The Labute approximate surface area is 118 Å². The minimum Gasteiger partial charge on any atom is -0.368 e. The van der Waals surface area contributed by atoms with Gasteiger partial charge in [0.1, 0.15) is 0 Å². The molecule has 0 bridgehead atoms. The van der Waals surface area contributed by atoms with E-state index in [4.69, 9.17) is 5.73 Å². The molecule has 0 saturated heterocycles. The Bertz CT molecular complexity index is 316. The number of rotatable bonds is 10. The van der Waals surface area contributed by atoms with Gasteiger partial charge < -0.3 is 5.73 Å². The molecule has 0 saturated carbocycles. The number of unbranched alkanes of at least 4 members (excludes halogenated alkanes) is 3. The molecule has 1 unspecified atom stereocenters. The van der Waals surface area contributed by atoms with E-state index in [0.717, 1.165) is 12.0 Å². The number of aliphatic imine (C=N–C) groups is 2. The smallest absolute Gasteiger partial charge is 0.219 e. The Morgan fingerprint density at radius 2 is 1.89 bits per heavy atom. The van der Waals surface area contributed by atoms with Gasteiger partial charge in [0.15, 0.2) is 0 Å². The molecule has 0 aromatic rings. The summed E-state index contributed by atoms with van der Waals surface area (Å²) in [6.07, 6.45) is 11.8. The van der Waals surface area contributed by atoms with E-state index < -0.39 is 0 Å². The minimum atomic E-state index is 0.234. The highest BCUT2D eigenvalue weighted by Crippen LogP contribution is 2.22. The zero-order chi connectivity index (χ0) is 14.5. The van der Waals surface area contributed by atoms with Crippen molar-refractivity contribution in [2.24, 2.45) is 21.6 Å². The molecule has 0 heterocycles. The monoisotopic (exact) mass is 263 g/mol. The quantitative estimate of drug-likeness (QED) is 0.353. The lowest BCUT2D eigenvalue weighted by atomic mass is 9.90. The predicted molar refractivity (Wildman–Crippen MR) is 86.6 cm³/mol. The van der Waals surface area contributed by atoms with E-state index in [9.17, 15) is 0 Å². The summed E-state index contributed by atoms with van der Waals surface area (Å²) in [4.78, 5) is 7.90. The molecule has 1 atom stereocenters. The highest BCUT2D eigenvalue weighted by molar-refractivity contribution is 5.92. The van der Waals surface area contributed by atoms with Crippen molar-refractivity contribution in [1.82, 2.24) is 0 Å². The highest BCUT2D eigenvalue weighted by Gasteiger charge is 2.10. The van der Waals surface area contributed by atoms with E-state index in [1.807, 2.05) is 0 Å². The number of allylic oxidation sites excluding steroid dienone is 1. The van der Waals surface area contributed by atoms with Crippen molar-refractivity contribution in [1.29, 1.82) is 0 Å². The molecule has 0 rings (SSSR count). The maximum Gasteiger partial charge on any atom is 0.219 e. The van der Waals surface area contributed by atoms with Crippen molar-refractivity contribution in [2.75, 3.05) is 0 Å². The zero-order valence-electron chi connectivity index (χ0n) is 12.6. The van der Waals surface area contributed by atoms with Gasteiger partial charge in [-0.05, 0) is 24.3 Å². The van der Waals surface area contributed by atoms with Crippen molar-refractivity contribution >= 4 is 12.2 Å². The third-order valence-corrected chi connectivity index (χ3v) is 3.15. The first-order valence-electron chi connectivity index (χ1n) is 7.32. The highest BCUT2D eigenvalue weighted by atomic mass is 15.0. The molecule has 2 N–H and O–H groups in total. The molecular formula is C16H29N3. The lowest BCUT2D eigenvalue weighted by Crippen LogP contribution is -2.10. The van der Waals surface area contributed by atoms with E-state index in [2.05, 4.69) is 37.0 Å². The van der Waals surface area contributed by atoms with Gasteiger partial charge in [0, 0.05) is 12.4 Å². The van der Waals surface area contributed by atoms with Crippen molar-refractivity contribution in [3.8, 4) is 0 Å². The molecule has 0 aromatic carbocycles. The van der Waals surface area contributed by atoms with Crippen LogP contribution in [-0.2, 0) is 0 Å². The number of nitrogens with zero attached hydrogens (tertiary/aromatic N) is 2. The average molecular weight is 263 g/mol. The molecule has 0 aliphatic carbocycles. The van der Waals surface area contributed by atoms with Gasteiger partial charge >= 0.3 is 0 Å². The second-order valence-electron chi connectivity index (χ2n) is 4.84. The van der Waals surface area contributed by atoms with Crippen LogP contribution in [0.2, 0.25) is 0 Å². The third-order valence-electron chi connectivity index (χ3n) is 3.15. The Balaban J connectivity index is 4.31. The minimum absolute atomic E-state index is 0.234. The lowest BCUT2D eigenvalue weighted by molar-refractivity contribution is 0.488. The average Bonchev–Trinajstić information content (AvgIpc) is 2.40. The second kappa shape index (κ2) is 11.7. The van der Waals surface area contributed by atoms with Crippen LogP contribution in [0.1, 0.15) is 58.8 Å². The molecule has 3 heteroatoms. The zero-order valence-corrected chi connectivity index (χ0v) is 12.6. The van der Waals surface area contributed by atoms with Gasteiger partial charge in [-0.15, -0.1) is 0 Å². The predicted octanol–water partition coefficient (Wildman–Crippen LogP) is 4.46. The summed E-state index contributed by atoms with van der Waals surface area (Å²) in [6, 6.07) is 0. The Morgan fingerprint density at radius 1 is 1.16 bits per heavy atom. The summed E-state index contributed by atoms with van der Waals surface area (Å²) in [5.74, 6) is 0.750. The molecule has 0 amide bonds. The van der Waals surface area contributed by atoms with Crippen LogP contribution in [0.3, 0.4) is 0 Å². The number of hydrogen-bond acceptors (Lipinski definition) is 1. The molecule has 0 radical (unpaired) electrons. The number of hydrogen-bond donors (Lipinski definition) is 1. The molecule has 0 aliphatic heterocycles. The largest absolute Gasteiger partial charge is 0.368 e. The van der Waals surface area contributed by atoms with Gasteiger partial charge in [0.25, 0.3) is 0 Å². The van der Waals surface area contributed by atoms with Crippen LogP contribution in [0.25, 0.3) is 0 Å². The molecule has 0 aliphatic rings. The maximum absolute atomic E-state index is 5.59. The SMILES string of the molecule is C=C/N=C(N)\N=C/C(=C)C(CCC)CCCCCC. The lowest BCUT2D eigenvalue weighted by Gasteiger charge is -2.16. The molecule has 0 aromatic heterocycles. The molecule has 19 heavy (non-hydrogen) atoms. The second-order valence-corrected chi connectivity index (χ2v) is 4.84. The first-order chi connectivity index (χ1) is 9.15. The van der Waals surface area contributed by atoms with Crippen LogP contribution in [0.4, 0.5) is 0 Å². The number of guanidine groups is 1. The maximum atomic E-state index is 5.59. The van der Waals surface area contributed by atoms with E-state index in [1.165, 1.54) is 44.7 Å². The summed E-state index contributed by atoms with van der Waals surface area (Å²) in [6.45, 7) is 12.0. The number of nitrogens with two attached hydrogens (primary N) is 1. The fourth-order valence-electron chi connectivity index (χ4n) is 2.06. The van der Waals surface area contributed by atoms with Crippen LogP contribution in [0.5, 0.6) is 0 Å². The summed E-state index contributed by atoms with van der Waals surface area (Å²) in [5.41, 5.74) is 6.64. The van der Waals surface area contributed by atoms with Gasteiger partial charge in [-0.25, -0.2) is 9.98 Å². The van der Waals surface area contributed by atoms with Crippen molar-refractivity contribution in [3.05, 3.63) is 24.9 Å². The van der Waals surface area contributed by atoms with E-state index in [1.54, 1.807) is 6.21 Å². The topological polar surface area (TPSA) is 50.7 Å². The van der Waals surface area contributed by atoms with Crippen LogP contribution >= 0.6 is 0 Å². The summed E-state index contributed by atoms with van der Waals surface area (Å²) >= 11 is 0. The van der Waals surface area contributed by atoms with Crippen LogP contribution in [-0.4, -0.2) is 12.2 Å². The fraction of sp³-hybridized carbons (Fsp3) is 0.625. The van der Waals surface area contributed by atoms with Crippen molar-refractivity contribution in [2.45, 2.75) is 58.8 Å². The first-order valence-corrected chi connectivity index (χ1v) is 7.32. The Morgan fingerprint density at radius 3 is 2.47 bits per heavy atom. The molecule has 3 nitrogen and oxygen atoms in total. The van der Waals surface area contributed by atoms with Crippen LogP contribution in [0.15, 0.2) is 34.9 Å². The molecule has 0 fully saturated rings. The van der Waals surface area contributed by atoms with E-state index >= 15 is 0 Å². The van der Waals surface area contributed by atoms with E-state index in [0.29, 0.717) is 5.92 Å². The van der Waals surface area contributed by atoms with Crippen LogP contribution < -0.4 is 5.73 Å². The summed E-state index contributed by atoms with van der Waals surface area (Å²) < 4.78 is 0. The van der Waals surface area contributed by atoms with Gasteiger partial charge in [0.05, 0.1) is 0 Å². The van der Waals surface area contributed by atoms with E-state index in [-0.39, 0.29) is 5.96 Å². The van der Waals surface area contributed by atoms with Gasteiger partial charge in [-0.2, -0.15) is 0 Å². The first kappa shape index (κ1) is 17.6. The third kappa shape index (κ3) is 9.23. The molecule has 0 spiro atoms. The molecular weight excluding hydrogens is 234 g/mol. The van der Waals surface area contributed by atoms with Gasteiger partial charge in [-0.3, -0.25) is 0 Å².